The molecule has 1 aliphatic heterocycles. The number of benzene rings is 1. The maximum absolute atomic E-state index is 14.4. The van der Waals surface area contributed by atoms with Crippen LogP contribution in [0.15, 0.2) is 42.4 Å². The summed E-state index contributed by atoms with van der Waals surface area (Å²) in [6.07, 6.45) is 7.27. The number of halogens is 1. The fourth-order valence-electron chi connectivity index (χ4n) is 4.69. The number of rotatable bonds is 5. The molecular formula is C29H35FN4O3. The Balaban J connectivity index is 1.75. The van der Waals surface area contributed by atoms with Crippen LogP contribution in [0.5, 0.6) is 0 Å². The maximum atomic E-state index is 14.4. The zero-order valence-electron chi connectivity index (χ0n) is 22.6. The van der Waals surface area contributed by atoms with Crippen molar-refractivity contribution in [2.45, 2.75) is 60.1 Å². The predicted octanol–water partition coefficient (Wildman–Crippen LogP) is 5.98. The van der Waals surface area contributed by atoms with E-state index in [2.05, 4.69) is 11.1 Å². The van der Waals surface area contributed by atoms with Gasteiger partial charge in [-0.25, -0.2) is 9.18 Å². The van der Waals surface area contributed by atoms with E-state index in [0.717, 1.165) is 27.6 Å². The number of amides is 2. The third-order valence-corrected chi connectivity index (χ3v) is 6.40. The Morgan fingerprint density at radius 1 is 1.22 bits per heavy atom. The molecule has 3 aromatic rings. The zero-order valence-corrected chi connectivity index (χ0v) is 22.6. The number of likely N-dealkylation sites (tertiary alicyclic amines) is 1. The van der Waals surface area contributed by atoms with Crippen LogP contribution in [0.1, 0.15) is 63.0 Å². The van der Waals surface area contributed by atoms with Crippen molar-refractivity contribution in [2.24, 2.45) is 0 Å². The molecule has 0 atom stereocenters. The van der Waals surface area contributed by atoms with Crippen LogP contribution in [-0.2, 0) is 4.74 Å². The highest BCUT2D eigenvalue weighted by molar-refractivity contribution is 6.00. The quantitative estimate of drug-likeness (QED) is 0.427. The molecule has 1 aliphatic rings. The number of nitrogens with zero attached hydrogens (tertiary/aromatic N) is 4. The smallest absolute Gasteiger partial charge is 0.410 e. The summed E-state index contributed by atoms with van der Waals surface area (Å²) in [6.45, 7) is 14.9. The SMILES string of the molecule is CCN(C(=O)c1cc(F)ccc1-n1cc(C=C2CN(C(=O)OC(C)(C)C)C2)c2c(C)cncc21)C(C)C. The average Bonchev–Trinajstić information content (AvgIpc) is 3.14. The van der Waals surface area contributed by atoms with Crippen LogP contribution < -0.4 is 0 Å². The highest BCUT2D eigenvalue weighted by Crippen LogP contribution is 2.32. The van der Waals surface area contributed by atoms with Gasteiger partial charge in [0.2, 0.25) is 0 Å². The van der Waals surface area contributed by atoms with Gasteiger partial charge in [-0.2, -0.15) is 0 Å². The molecule has 0 N–H and O–H groups in total. The van der Waals surface area contributed by atoms with Crippen molar-refractivity contribution in [1.82, 2.24) is 19.4 Å². The first-order chi connectivity index (χ1) is 17.4. The summed E-state index contributed by atoms with van der Waals surface area (Å²) in [5, 5.41) is 0.997. The zero-order chi connectivity index (χ0) is 27.1. The number of hydrogen-bond donors (Lipinski definition) is 0. The van der Waals surface area contributed by atoms with Crippen LogP contribution in [0.4, 0.5) is 9.18 Å². The second-order valence-electron chi connectivity index (χ2n) is 10.8. The van der Waals surface area contributed by atoms with E-state index in [1.54, 1.807) is 28.3 Å². The molecule has 3 heterocycles. The van der Waals surface area contributed by atoms with Crippen molar-refractivity contribution < 1.29 is 18.7 Å². The number of hydrogen-bond acceptors (Lipinski definition) is 4. The largest absolute Gasteiger partial charge is 0.444 e. The number of fused-ring (bicyclic) bond motifs is 1. The second-order valence-corrected chi connectivity index (χ2v) is 10.8. The molecule has 7 nitrogen and oxygen atoms in total. The third-order valence-electron chi connectivity index (χ3n) is 6.40. The molecule has 8 heteroatoms. The average molecular weight is 507 g/mol. The fourth-order valence-corrected chi connectivity index (χ4v) is 4.69. The molecule has 0 unspecified atom stereocenters. The Kier molecular flexibility index (Phi) is 7.13. The van der Waals surface area contributed by atoms with Crippen molar-refractivity contribution in [1.29, 1.82) is 0 Å². The molecule has 37 heavy (non-hydrogen) atoms. The van der Waals surface area contributed by atoms with Gasteiger partial charge in [-0.15, -0.1) is 0 Å². The Bertz CT molecular complexity index is 1380. The van der Waals surface area contributed by atoms with E-state index >= 15 is 0 Å². The first kappa shape index (κ1) is 26.4. The minimum atomic E-state index is -0.540. The first-order valence-corrected chi connectivity index (χ1v) is 12.6. The summed E-state index contributed by atoms with van der Waals surface area (Å²) < 4.78 is 21.7. The lowest BCUT2D eigenvalue weighted by Crippen LogP contribution is -2.46. The molecule has 1 fully saturated rings. The van der Waals surface area contributed by atoms with Crippen molar-refractivity contribution in [2.75, 3.05) is 19.6 Å². The molecular weight excluding hydrogens is 471 g/mol. The summed E-state index contributed by atoms with van der Waals surface area (Å²) in [7, 11) is 0. The Hall–Kier alpha value is -3.68. The number of carbonyl (C=O) groups is 2. The van der Waals surface area contributed by atoms with Gasteiger partial charge in [0.25, 0.3) is 5.91 Å². The van der Waals surface area contributed by atoms with Gasteiger partial charge in [0.1, 0.15) is 11.4 Å². The molecule has 2 aromatic heterocycles. The molecule has 2 amide bonds. The fraction of sp³-hybridized carbons (Fsp3) is 0.414. The Morgan fingerprint density at radius 3 is 2.54 bits per heavy atom. The summed E-state index contributed by atoms with van der Waals surface area (Å²) in [5.41, 5.74) is 4.20. The van der Waals surface area contributed by atoms with Crippen molar-refractivity contribution >= 4 is 29.0 Å². The van der Waals surface area contributed by atoms with E-state index < -0.39 is 11.4 Å². The van der Waals surface area contributed by atoms with E-state index in [4.69, 9.17) is 4.74 Å². The van der Waals surface area contributed by atoms with E-state index in [1.807, 2.05) is 59.2 Å². The molecule has 4 rings (SSSR count). The van der Waals surface area contributed by atoms with E-state index in [1.165, 1.54) is 12.1 Å². The summed E-state index contributed by atoms with van der Waals surface area (Å²) in [5.74, 6) is -0.682. The van der Waals surface area contributed by atoms with Crippen LogP contribution in [0.2, 0.25) is 0 Å². The molecule has 0 spiro atoms. The molecule has 0 aliphatic carbocycles. The predicted molar refractivity (Wildman–Crippen MR) is 143 cm³/mol. The number of ether oxygens (including phenoxy) is 1. The van der Waals surface area contributed by atoms with Crippen LogP contribution in [0.3, 0.4) is 0 Å². The molecule has 1 aromatic carbocycles. The highest BCUT2D eigenvalue weighted by Gasteiger charge is 2.30. The van der Waals surface area contributed by atoms with Gasteiger partial charge < -0.3 is 19.1 Å². The number of aromatic nitrogens is 2. The lowest BCUT2D eigenvalue weighted by atomic mass is 10.0. The van der Waals surface area contributed by atoms with E-state index in [9.17, 15) is 14.0 Å². The standard InChI is InChI=1S/C29H35FN4O3/c1-8-33(18(2)3)27(35)23-12-22(30)9-10-24(23)34-17-21(26-19(4)13-31-14-25(26)34)11-20-15-32(16-20)28(36)37-29(5,6)7/h9-14,17-18H,8,15-16H2,1-7H3. The van der Waals surface area contributed by atoms with Gasteiger partial charge in [0, 0.05) is 49.0 Å². The molecule has 1 saturated heterocycles. The summed E-state index contributed by atoms with van der Waals surface area (Å²) in [4.78, 5) is 33.6. The van der Waals surface area contributed by atoms with Crippen molar-refractivity contribution in [3.63, 3.8) is 0 Å². The number of carbonyl (C=O) groups excluding carboxylic acids is 2. The first-order valence-electron chi connectivity index (χ1n) is 12.6. The van der Waals surface area contributed by atoms with Gasteiger partial charge in [-0.3, -0.25) is 9.78 Å². The number of pyridine rings is 1. The van der Waals surface area contributed by atoms with Crippen LogP contribution in [0.25, 0.3) is 22.7 Å². The molecule has 196 valence electrons. The van der Waals surface area contributed by atoms with Gasteiger partial charge in [0.05, 0.1) is 23.0 Å². The highest BCUT2D eigenvalue weighted by atomic mass is 19.1. The minimum Gasteiger partial charge on any atom is -0.444 e. The van der Waals surface area contributed by atoms with Crippen LogP contribution >= 0.6 is 0 Å². The Morgan fingerprint density at radius 2 is 1.92 bits per heavy atom. The second kappa shape index (κ2) is 10.00. The normalized spacial score (nSPS) is 13.6. The third kappa shape index (κ3) is 5.38. The van der Waals surface area contributed by atoms with Gasteiger partial charge in [-0.05, 0) is 77.8 Å². The summed E-state index contributed by atoms with van der Waals surface area (Å²) in [6, 6.07) is 4.30. The van der Waals surface area contributed by atoms with Gasteiger partial charge in [-0.1, -0.05) is 6.08 Å². The molecule has 0 radical (unpaired) electrons. The molecule has 0 bridgehead atoms. The van der Waals surface area contributed by atoms with Crippen LogP contribution in [-0.4, -0.2) is 62.6 Å². The minimum absolute atomic E-state index is 0.0224. The monoisotopic (exact) mass is 506 g/mol. The lowest BCUT2D eigenvalue weighted by Gasteiger charge is -2.35. The van der Waals surface area contributed by atoms with E-state index in [-0.39, 0.29) is 18.0 Å². The van der Waals surface area contributed by atoms with Gasteiger partial charge in [0.15, 0.2) is 0 Å². The lowest BCUT2D eigenvalue weighted by molar-refractivity contribution is 0.0216. The maximum Gasteiger partial charge on any atom is 0.410 e. The van der Waals surface area contributed by atoms with E-state index in [0.29, 0.717) is 30.9 Å². The van der Waals surface area contributed by atoms with Crippen molar-refractivity contribution in [3.05, 3.63) is 64.9 Å². The number of aryl methyl sites for hydroxylation is 1. The Labute approximate surface area is 217 Å². The summed E-state index contributed by atoms with van der Waals surface area (Å²) >= 11 is 0. The van der Waals surface area contributed by atoms with Crippen LogP contribution in [0, 0.1) is 12.7 Å². The molecule has 0 saturated carbocycles. The van der Waals surface area contributed by atoms with Gasteiger partial charge >= 0.3 is 6.09 Å². The van der Waals surface area contributed by atoms with Crippen molar-refractivity contribution in [3.8, 4) is 5.69 Å². The topological polar surface area (TPSA) is 67.7 Å².